The Balaban J connectivity index is 2.67. The Hall–Kier alpha value is -1.98. The van der Waals surface area contributed by atoms with E-state index in [1.54, 1.807) is 11.8 Å². The molecule has 0 unspecified atom stereocenters. The minimum atomic E-state index is 0.812. The van der Waals surface area contributed by atoms with E-state index in [0.717, 1.165) is 15.8 Å². The van der Waals surface area contributed by atoms with Gasteiger partial charge in [0.05, 0.1) is 5.56 Å². The third-order valence-electron chi connectivity index (χ3n) is 4.03. The fraction of sp³-hybridized carbons (Fsp3) is 0.167. The first-order valence-corrected chi connectivity index (χ1v) is 7.80. The molecule has 0 radical (unpaired) electrons. The van der Waals surface area contributed by atoms with Gasteiger partial charge in [-0.2, -0.15) is 5.26 Å². The summed E-state index contributed by atoms with van der Waals surface area (Å²) >= 11 is 1.66. The SMILES string of the molecule is CSc1c(C)c(C)c2ccc3ccccc3c2c1C#N. The fourth-order valence-corrected chi connectivity index (χ4v) is 3.70. The standard InChI is InChI=1S/C18H15NS/c1-11-12(2)18(20-3)16(10-19)17-14(11)9-8-13-6-4-5-7-15(13)17/h4-9H,1-3H3. The topological polar surface area (TPSA) is 23.8 Å². The van der Waals surface area contributed by atoms with E-state index >= 15 is 0 Å². The first-order valence-electron chi connectivity index (χ1n) is 6.57. The van der Waals surface area contributed by atoms with Gasteiger partial charge in [0.15, 0.2) is 0 Å². The maximum Gasteiger partial charge on any atom is 0.101 e. The van der Waals surface area contributed by atoms with E-state index in [4.69, 9.17) is 0 Å². The molecule has 3 aromatic carbocycles. The van der Waals surface area contributed by atoms with Crippen molar-refractivity contribution in [2.24, 2.45) is 0 Å². The molecule has 2 heteroatoms. The zero-order chi connectivity index (χ0) is 14.3. The predicted octanol–water partition coefficient (Wildman–Crippen LogP) is 5.20. The third kappa shape index (κ3) is 1.71. The molecule has 0 fully saturated rings. The van der Waals surface area contributed by atoms with Crippen molar-refractivity contribution in [2.45, 2.75) is 18.7 Å². The quantitative estimate of drug-likeness (QED) is 0.450. The molecule has 0 aliphatic rings. The van der Waals surface area contributed by atoms with Crippen molar-refractivity contribution in [3.8, 4) is 6.07 Å². The van der Waals surface area contributed by atoms with Crippen LogP contribution in [-0.4, -0.2) is 6.26 Å². The van der Waals surface area contributed by atoms with E-state index < -0.39 is 0 Å². The Morgan fingerprint density at radius 1 is 0.950 bits per heavy atom. The molecule has 0 saturated carbocycles. The van der Waals surface area contributed by atoms with Crippen molar-refractivity contribution < 1.29 is 0 Å². The Kier molecular flexibility index (Phi) is 3.16. The highest BCUT2D eigenvalue weighted by Gasteiger charge is 2.15. The van der Waals surface area contributed by atoms with Crippen LogP contribution < -0.4 is 0 Å². The molecular formula is C18H15NS. The van der Waals surface area contributed by atoms with E-state index in [1.807, 2.05) is 18.4 Å². The molecule has 0 aromatic heterocycles. The van der Waals surface area contributed by atoms with Gasteiger partial charge in [-0.15, -0.1) is 11.8 Å². The second kappa shape index (κ2) is 4.85. The summed E-state index contributed by atoms with van der Waals surface area (Å²) in [5.74, 6) is 0. The highest BCUT2D eigenvalue weighted by Crippen LogP contribution is 2.38. The van der Waals surface area contributed by atoms with Crippen molar-refractivity contribution in [1.82, 2.24) is 0 Å². The summed E-state index contributed by atoms with van der Waals surface area (Å²) in [5.41, 5.74) is 3.30. The molecule has 0 aliphatic carbocycles. The second-order valence-electron chi connectivity index (χ2n) is 4.98. The van der Waals surface area contributed by atoms with Crippen molar-refractivity contribution in [3.63, 3.8) is 0 Å². The fourth-order valence-electron chi connectivity index (χ4n) is 2.89. The summed E-state index contributed by atoms with van der Waals surface area (Å²) in [6.45, 7) is 4.25. The van der Waals surface area contributed by atoms with Gasteiger partial charge in [-0.1, -0.05) is 36.4 Å². The highest BCUT2D eigenvalue weighted by molar-refractivity contribution is 7.98. The first-order chi connectivity index (χ1) is 9.69. The van der Waals surface area contributed by atoms with E-state index in [2.05, 4.69) is 44.2 Å². The van der Waals surface area contributed by atoms with Crippen molar-refractivity contribution in [1.29, 1.82) is 5.26 Å². The van der Waals surface area contributed by atoms with Crippen LogP contribution in [0, 0.1) is 25.2 Å². The van der Waals surface area contributed by atoms with E-state index in [-0.39, 0.29) is 0 Å². The van der Waals surface area contributed by atoms with Gasteiger partial charge in [-0.25, -0.2) is 0 Å². The van der Waals surface area contributed by atoms with Crippen LogP contribution in [0.1, 0.15) is 16.7 Å². The van der Waals surface area contributed by atoms with Gasteiger partial charge < -0.3 is 0 Å². The van der Waals surface area contributed by atoms with Crippen molar-refractivity contribution in [3.05, 3.63) is 53.1 Å². The highest BCUT2D eigenvalue weighted by atomic mass is 32.2. The van der Waals surface area contributed by atoms with Crippen molar-refractivity contribution in [2.75, 3.05) is 6.26 Å². The van der Waals surface area contributed by atoms with Crippen LogP contribution in [-0.2, 0) is 0 Å². The Morgan fingerprint density at radius 2 is 1.70 bits per heavy atom. The molecule has 98 valence electrons. The van der Waals surface area contributed by atoms with Crippen LogP contribution in [0.2, 0.25) is 0 Å². The van der Waals surface area contributed by atoms with Gasteiger partial charge in [0, 0.05) is 10.3 Å². The van der Waals surface area contributed by atoms with E-state index in [0.29, 0.717) is 0 Å². The molecule has 3 aromatic rings. The molecule has 0 heterocycles. The lowest BCUT2D eigenvalue weighted by Crippen LogP contribution is -1.94. The van der Waals surface area contributed by atoms with Gasteiger partial charge in [0.2, 0.25) is 0 Å². The van der Waals surface area contributed by atoms with Gasteiger partial charge in [-0.3, -0.25) is 0 Å². The van der Waals surface area contributed by atoms with E-state index in [1.165, 1.54) is 27.3 Å². The normalized spacial score (nSPS) is 10.9. The van der Waals surface area contributed by atoms with Gasteiger partial charge in [0.1, 0.15) is 6.07 Å². The molecule has 0 bridgehead atoms. The van der Waals surface area contributed by atoms with Crippen LogP contribution in [0.4, 0.5) is 0 Å². The predicted molar refractivity (Wildman–Crippen MR) is 87.4 cm³/mol. The van der Waals surface area contributed by atoms with Crippen LogP contribution in [0.15, 0.2) is 41.3 Å². The van der Waals surface area contributed by atoms with E-state index in [9.17, 15) is 5.26 Å². The largest absolute Gasteiger partial charge is 0.192 e. The number of nitrogens with zero attached hydrogens (tertiary/aromatic N) is 1. The Labute approximate surface area is 123 Å². The maximum atomic E-state index is 9.66. The third-order valence-corrected chi connectivity index (χ3v) is 4.95. The summed E-state index contributed by atoms with van der Waals surface area (Å²) in [6.07, 6.45) is 2.04. The van der Waals surface area contributed by atoms with Crippen LogP contribution >= 0.6 is 11.8 Å². The number of hydrogen-bond acceptors (Lipinski definition) is 2. The van der Waals surface area contributed by atoms with Crippen LogP contribution in [0.5, 0.6) is 0 Å². The number of benzene rings is 3. The molecule has 1 nitrogen and oxygen atoms in total. The monoisotopic (exact) mass is 277 g/mol. The van der Waals surface area contributed by atoms with Crippen LogP contribution in [0.25, 0.3) is 21.5 Å². The van der Waals surface area contributed by atoms with Crippen molar-refractivity contribution >= 4 is 33.3 Å². The summed E-state index contributed by atoms with van der Waals surface area (Å²) in [7, 11) is 0. The number of aryl methyl sites for hydroxylation is 1. The smallest absolute Gasteiger partial charge is 0.101 e. The minimum Gasteiger partial charge on any atom is -0.192 e. The second-order valence-corrected chi connectivity index (χ2v) is 5.80. The molecule has 0 N–H and O–H groups in total. The summed E-state index contributed by atoms with van der Waals surface area (Å²) in [5, 5.41) is 14.3. The Bertz CT molecular complexity index is 872. The number of fused-ring (bicyclic) bond motifs is 3. The minimum absolute atomic E-state index is 0.812. The van der Waals surface area contributed by atoms with Gasteiger partial charge in [0.25, 0.3) is 0 Å². The molecule has 0 spiro atoms. The van der Waals surface area contributed by atoms with Gasteiger partial charge >= 0.3 is 0 Å². The molecule has 0 atom stereocenters. The molecule has 20 heavy (non-hydrogen) atoms. The van der Waals surface area contributed by atoms with Crippen LogP contribution in [0.3, 0.4) is 0 Å². The maximum absolute atomic E-state index is 9.66. The molecule has 0 amide bonds. The summed E-state index contributed by atoms with van der Waals surface area (Å²) < 4.78 is 0. The lowest BCUT2D eigenvalue weighted by molar-refractivity contribution is 1.24. The molecule has 0 aliphatic heterocycles. The lowest BCUT2D eigenvalue weighted by Gasteiger charge is -2.15. The average Bonchev–Trinajstić information content (AvgIpc) is 2.49. The Morgan fingerprint density at radius 3 is 2.40 bits per heavy atom. The molecule has 3 rings (SSSR count). The zero-order valence-electron chi connectivity index (χ0n) is 11.8. The van der Waals surface area contributed by atoms with Gasteiger partial charge in [-0.05, 0) is 47.4 Å². The number of hydrogen-bond donors (Lipinski definition) is 0. The zero-order valence-corrected chi connectivity index (χ0v) is 12.6. The lowest BCUT2D eigenvalue weighted by atomic mass is 9.92. The average molecular weight is 277 g/mol. The number of nitriles is 1. The number of thioether (sulfide) groups is 1. The molecule has 0 saturated heterocycles. The summed E-state index contributed by atoms with van der Waals surface area (Å²) in [4.78, 5) is 1.11. The molecular weight excluding hydrogens is 262 g/mol. The first kappa shape index (κ1) is 13.0. The number of rotatable bonds is 1. The summed E-state index contributed by atoms with van der Waals surface area (Å²) in [6, 6.07) is 15.0.